The molecule has 0 radical (unpaired) electrons. The largest absolute Gasteiger partial charge is 0.398 e. The van der Waals surface area contributed by atoms with Gasteiger partial charge >= 0.3 is 0 Å². The molecule has 0 bridgehead atoms. The van der Waals surface area contributed by atoms with Crippen LogP contribution in [0, 0.1) is 13.8 Å². The van der Waals surface area contributed by atoms with Crippen molar-refractivity contribution >= 4 is 27.5 Å². The van der Waals surface area contributed by atoms with E-state index in [1.807, 2.05) is 20.1 Å². The molecular formula is C12H20N2O2S2. The second-order valence-electron chi connectivity index (χ2n) is 4.20. The number of sulfonamides is 1. The summed E-state index contributed by atoms with van der Waals surface area (Å²) in [7, 11) is -3.44. The molecule has 0 fully saturated rings. The number of nitrogens with one attached hydrogen (secondary N) is 1. The maximum atomic E-state index is 12.0. The van der Waals surface area contributed by atoms with Gasteiger partial charge in [-0.3, -0.25) is 0 Å². The number of rotatable bonds is 6. The minimum atomic E-state index is -3.44. The molecule has 0 saturated carbocycles. The predicted octanol–water partition coefficient (Wildman–Crippen LogP) is 1.92. The van der Waals surface area contributed by atoms with Crippen LogP contribution in [-0.4, -0.2) is 27.0 Å². The number of anilines is 1. The molecule has 0 heterocycles. The van der Waals surface area contributed by atoms with E-state index in [4.69, 9.17) is 5.73 Å². The van der Waals surface area contributed by atoms with Crippen molar-refractivity contribution in [2.24, 2.45) is 0 Å². The highest BCUT2D eigenvalue weighted by Gasteiger charge is 2.15. The molecule has 3 N–H and O–H groups in total. The molecule has 0 unspecified atom stereocenters. The van der Waals surface area contributed by atoms with Crippen molar-refractivity contribution in [1.29, 1.82) is 0 Å². The SMILES string of the molecule is CSCCCNS(=O)(=O)c1cc(C)c(C)c(N)c1. The maximum absolute atomic E-state index is 12.0. The van der Waals surface area contributed by atoms with Gasteiger partial charge in [-0.25, -0.2) is 13.1 Å². The highest BCUT2D eigenvalue weighted by Crippen LogP contribution is 2.21. The van der Waals surface area contributed by atoms with Crippen molar-refractivity contribution in [2.45, 2.75) is 25.2 Å². The van der Waals surface area contributed by atoms with Crippen LogP contribution in [0.15, 0.2) is 17.0 Å². The Kier molecular flexibility index (Phi) is 5.49. The lowest BCUT2D eigenvalue weighted by molar-refractivity contribution is 0.581. The topological polar surface area (TPSA) is 72.2 Å². The van der Waals surface area contributed by atoms with Crippen molar-refractivity contribution in [3.63, 3.8) is 0 Å². The number of benzene rings is 1. The zero-order valence-electron chi connectivity index (χ0n) is 11.0. The fraction of sp³-hybridized carbons (Fsp3) is 0.500. The van der Waals surface area contributed by atoms with Crippen LogP contribution in [-0.2, 0) is 10.0 Å². The van der Waals surface area contributed by atoms with Gasteiger partial charge < -0.3 is 5.73 Å². The van der Waals surface area contributed by atoms with E-state index in [9.17, 15) is 8.42 Å². The molecular weight excluding hydrogens is 268 g/mol. The normalized spacial score (nSPS) is 11.7. The Balaban J connectivity index is 2.85. The molecule has 0 aliphatic carbocycles. The van der Waals surface area contributed by atoms with Crippen molar-refractivity contribution in [1.82, 2.24) is 4.72 Å². The van der Waals surface area contributed by atoms with Gasteiger partial charge in [0.2, 0.25) is 10.0 Å². The van der Waals surface area contributed by atoms with Crippen LogP contribution in [0.25, 0.3) is 0 Å². The van der Waals surface area contributed by atoms with E-state index in [-0.39, 0.29) is 4.90 Å². The van der Waals surface area contributed by atoms with E-state index >= 15 is 0 Å². The maximum Gasteiger partial charge on any atom is 0.240 e. The Morgan fingerprint density at radius 2 is 2.00 bits per heavy atom. The lowest BCUT2D eigenvalue weighted by Crippen LogP contribution is -2.25. The lowest BCUT2D eigenvalue weighted by Gasteiger charge is -2.10. The first kappa shape index (κ1) is 15.3. The summed E-state index contributed by atoms with van der Waals surface area (Å²) in [5, 5.41) is 0. The van der Waals surface area contributed by atoms with E-state index in [2.05, 4.69) is 4.72 Å². The number of nitrogen functional groups attached to an aromatic ring is 1. The molecule has 0 atom stereocenters. The number of aryl methyl sites for hydroxylation is 1. The number of thioether (sulfide) groups is 1. The molecule has 4 nitrogen and oxygen atoms in total. The minimum absolute atomic E-state index is 0.243. The highest BCUT2D eigenvalue weighted by atomic mass is 32.2. The Morgan fingerprint density at radius 3 is 2.56 bits per heavy atom. The number of nitrogens with two attached hydrogens (primary N) is 1. The summed E-state index contributed by atoms with van der Waals surface area (Å²) in [6.07, 6.45) is 2.82. The van der Waals surface area contributed by atoms with Gasteiger partial charge in [-0.05, 0) is 55.5 Å². The molecule has 1 rings (SSSR count). The van der Waals surface area contributed by atoms with Gasteiger partial charge in [-0.2, -0.15) is 11.8 Å². The fourth-order valence-electron chi connectivity index (χ4n) is 1.51. The van der Waals surface area contributed by atoms with Gasteiger partial charge in [0, 0.05) is 12.2 Å². The van der Waals surface area contributed by atoms with Crippen molar-refractivity contribution in [3.05, 3.63) is 23.3 Å². The summed E-state index contributed by atoms with van der Waals surface area (Å²) in [5.41, 5.74) is 8.13. The Labute approximate surface area is 113 Å². The Morgan fingerprint density at radius 1 is 1.33 bits per heavy atom. The first-order chi connectivity index (χ1) is 8.38. The standard InChI is InChI=1S/C12H20N2O2S2/c1-9-7-11(8-12(13)10(9)2)18(15,16)14-5-4-6-17-3/h7-8,14H,4-6,13H2,1-3H3. The smallest absolute Gasteiger partial charge is 0.240 e. The van der Waals surface area contributed by atoms with Crippen molar-refractivity contribution in [2.75, 3.05) is 24.3 Å². The average Bonchev–Trinajstić information content (AvgIpc) is 2.31. The van der Waals surface area contributed by atoms with E-state index in [1.54, 1.807) is 17.8 Å². The molecule has 0 aromatic heterocycles. The van der Waals surface area contributed by atoms with Crippen LogP contribution in [0.2, 0.25) is 0 Å². The summed E-state index contributed by atoms with van der Waals surface area (Å²) < 4.78 is 26.7. The quantitative estimate of drug-likeness (QED) is 0.619. The van der Waals surface area contributed by atoms with Gasteiger partial charge in [-0.15, -0.1) is 0 Å². The summed E-state index contributed by atoms with van der Waals surface area (Å²) >= 11 is 1.70. The number of hydrogen-bond acceptors (Lipinski definition) is 4. The summed E-state index contributed by atoms with van der Waals surface area (Å²) in [6, 6.07) is 3.17. The van der Waals surface area contributed by atoms with Gasteiger partial charge in [0.15, 0.2) is 0 Å². The average molecular weight is 288 g/mol. The van der Waals surface area contributed by atoms with Crippen molar-refractivity contribution < 1.29 is 8.42 Å². The van der Waals surface area contributed by atoms with Crippen LogP contribution < -0.4 is 10.5 Å². The van der Waals surface area contributed by atoms with E-state index in [1.165, 1.54) is 6.07 Å². The molecule has 0 saturated heterocycles. The molecule has 1 aromatic carbocycles. The Bertz CT molecular complexity index is 490. The van der Waals surface area contributed by atoms with E-state index in [0.717, 1.165) is 23.3 Å². The van der Waals surface area contributed by atoms with E-state index < -0.39 is 10.0 Å². The summed E-state index contributed by atoms with van der Waals surface area (Å²) in [6.45, 7) is 4.20. The van der Waals surface area contributed by atoms with Gasteiger partial charge in [0.25, 0.3) is 0 Å². The second-order valence-corrected chi connectivity index (χ2v) is 6.95. The zero-order valence-corrected chi connectivity index (χ0v) is 12.6. The zero-order chi connectivity index (χ0) is 13.8. The highest BCUT2D eigenvalue weighted by molar-refractivity contribution is 7.98. The molecule has 102 valence electrons. The minimum Gasteiger partial charge on any atom is -0.398 e. The first-order valence-electron chi connectivity index (χ1n) is 5.74. The molecule has 0 aliphatic rings. The van der Waals surface area contributed by atoms with E-state index in [0.29, 0.717) is 12.2 Å². The van der Waals surface area contributed by atoms with Crippen LogP contribution in [0.3, 0.4) is 0 Å². The third-order valence-electron chi connectivity index (χ3n) is 2.81. The predicted molar refractivity (Wildman–Crippen MR) is 78.5 cm³/mol. The molecule has 18 heavy (non-hydrogen) atoms. The molecule has 0 amide bonds. The molecule has 0 aliphatic heterocycles. The summed E-state index contributed by atoms with van der Waals surface area (Å²) in [5.74, 6) is 0.942. The Hall–Kier alpha value is -0.720. The van der Waals surface area contributed by atoms with Gasteiger partial charge in [-0.1, -0.05) is 0 Å². The van der Waals surface area contributed by atoms with Crippen LogP contribution in [0.1, 0.15) is 17.5 Å². The second kappa shape index (κ2) is 6.45. The monoisotopic (exact) mass is 288 g/mol. The van der Waals surface area contributed by atoms with Crippen molar-refractivity contribution in [3.8, 4) is 0 Å². The van der Waals surface area contributed by atoms with Crippen LogP contribution in [0.4, 0.5) is 5.69 Å². The number of hydrogen-bond donors (Lipinski definition) is 2. The van der Waals surface area contributed by atoms with Crippen LogP contribution >= 0.6 is 11.8 Å². The molecule has 1 aromatic rings. The summed E-state index contributed by atoms with van der Waals surface area (Å²) in [4.78, 5) is 0.243. The third kappa shape index (κ3) is 3.90. The van der Waals surface area contributed by atoms with Gasteiger partial charge in [0.05, 0.1) is 4.90 Å². The molecule has 6 heteroatoms. The fourth-order valence-corrected chi connectivity index (χ4v) is 3.14. The lowest BCUT2D eigenvalue weighted by atomic mass is 10.1. The molecule has 0 spiro atoms. The first-order valence-corrected chi connectivity index (χ1v) is 8.61. The third-order valence-corrected chi connectivity index (χ3v) is 4.95. The van der Waals surface area contributed by atoms with Gasteiger partial charge in [0.1, 0.15) is 0 Å². The van der Waals surface area contributed by atoms with Crippen LogP contribution in [0.5, 0.6) is 0 Å².